The number of anilines is 1. The average molecular weight is 274 g/mol. The maximum absolute atomic E-state index is 11.5. The molecule has 4 heteroatoms. The van der Waals surface area contributed by atoms with E-state index in [1.54, 1.807) is 0 Å². The van der Waals surface area contributed by atoms with Gasteiger partial charge in [0.25, 0.3) is 0 Å². The van der Waals surface area contributed by atoms with E-state index in [-0.39, 0.29) is 0 Å². The molecule has 0 aliphatic carbocycles. The van der Waals surface area contributed by atoms with E-state index in [4.69, 9.17) is 0 Å². The van der Waals surface area contributed by atoms with Gasteiger partial charge < -0.3 is 14.9 Å². The summed E-state index contributed by atoms with van der Waals surface area (Å²) in [4.78, 5) is 16.0. The number of carbonyl (C=O) groups is 1. The lowest BCUT2D eigenvalue weighted by Gasteiger charge is -2.31. The van der Waals surface area contributed by atoms with Crippen LogP contribution in [0.5, 0.6) is 0 Å². The summed E-state index contributed by atoms with van der Waals surface area (Å²) < 4.78 is 0. The minimum absolute atomic E-state index is 0.391. The molecule has 2 aliphatic heterocycles. The molecule has 1 N–H and O–H groups in total. The van der Waals surface area contributed by atoms with Gasteiger partial charge in [-0.05, 0) is 37.6 Å². The van der Waals surface area contributed by atoms with Crippen molar-refractivity contribution in [3.05, 3.63) is 29.8 Å². The number of benzene rings is 1. The zero-order chi connectivity index (χ0) is 13.9. The second kappa shape index (κ2) is 5.83. The van der Waals surface area contributed by atoms with E-state index in [2.05, 4.69) is 15.9 Å². The molecule has 0 spiro atoms. The molecule has 0 aromatic heterocycles. The summed E-state index contributed by atoms with van der Waals surface area (Å²) in [5, 5.41) is 9.44. The van der Waals surface area contributed by atoms with Crippen LogP contribution in [-0.2, 0) is 11.2 Å². The van der Waals surface area contributed by atoms with Crippen molar-refractivity contribution in [2.45, 2.75) is 31.7 Å². The fourth-order valence-electron chi connectivity index (χ4n) is 3.38. The molecule has 20 heavy (non-hydrogen) atoms. The van der Waals surface area contributed by atoms with Crippen molar-refractivity contribution in [2.24, 2.45) is 0 Å². The van der Waals surface area contributed by atoms with E-state index in [9.17, 15) is 9.90 Å². The lowest BCUT2D eigenvalue weighted by atomic mass is 10.1. The van der Waals surface area contributed by atoms with E-state index < -0.39 is 12.0 Å². The van der Waals surface area contributed by atoms with Gasteiger partial charge in [0.05, 0.1) is 0 Å². The largest absolute Gasteiger partial charge is 0.480 e. The molecule has 1 aromatic carbocycles. The summed E-state index contributed by atoms with van der Waals surface area (Å²) in [6.07, 6.45) is 4.52. The maximum atomic E-state index is 11.5. The van der Waals surface area contributed by atoms with Crippen molar-refractivity contribution in [2.75, 3.05) is 31.1 Å². The van der Waals surface area contributed by atoms with Gasteiger partial charge in [0.15, 0.2) is 0 Å². The Kier molecular flexibility index (Phi) is 3.92. The summed E-state index contributed by atoms with van der Waals surface area (Å²) in [6, 6.07) is 7.70. The molecule has 0 radical (unpaired) electrons. The Bertz CT molecular complexity index is 483. The first-order valence-electron chi connectivity index (χ1n) is 7.55. The molecule has 1 unspecified atom stereocenters. The number of likely N-dealkylation sites (tertiary alicyclic amines) is 1. The lowest BCUT2D eigenvalue weighted by molar-refractivity contribution is -0.138. The highest BCUT2D eigenvalue weighted by molar-refractivity contribution is 5.82. The number of nitrogens with zero attached hydrogens (tertiary/aromatic N) is 2. The average Bonchev–Trinajstić information content (AvgIpc) is 2.85. The second-order valence-corrected chi connectivity index (χ2v) is 5.78. The van der Waals surface area contributed by atoms with Crippen LogP contribution in [0.15, 0.2) is 24.3 Å². The number of carboxylic acid groups (broad SMARTS) is 1. The predicted octanol–water partition coefficient (Wildman–Crippen LogP) is 1.99. The quantitative estimate of drug-likeness (QED) is 0.912. The number of aliphatic carboxylic acids is 1. The van der Waals surface area contributed by atoms with Crippen molar-refractivity contribution < 1.29 is 9.90 Å². The number of piperidine rings is 1. The number of para-hydroxylation sites is 1. The van der Waals surface area contributed by atoms with Gasteiger partial charge in [-0.3, -0.25) is 0 Å². The van der Waals surface area contributed by atoms with Crippen LogP contribution in [0.1, 0.15) is 24.8 Å². The first-order valence-corrected chi connectivity index (χ1v) is 7.55. The SMILES string of the molecule is O=C(O)C1Cc2ccccc2N1CCN1CCCCC1. The topological polar surface area (TPSA) is 43.8 Å². The van der Waals surface area contributed by atoms with Crippen LogP contribution in [0.4, 0.5) is 5.69 Å². The Morgan fingerprint density at radius 2 is 1.90 bits per heavy atom. The molecular formula is C16H22N2O2. The third-order valence-corrected chi connectivity index (χ3v) is 4.48. The minimum atomic E-state index is -0.708. The monoisotopic (exact) mass is 274 g/mol. The fourth-order valence-corrected chi connectivity index (χ4v) is 3.38. The van der Waals surface area contributed by atoms with Crippen molar-refractivity contribution >= 4 is 11.7 Å². The van der Waals surface area contributed by atoms with E-state index in [0.29, 0.717) is 6.42 Å². The van der Waals surface area contributed by atoms with E-state index in [1.165, 1.54) is 24.8 Å². The smallest absolute Gasteiger partial charge is 0.326 e. The lowest BCUT2D eigenvalue weighted by Crippen LogP contribution is -2.44. The molecule has 1 atom stereocenters. The maximum Gasteiger partial charge on any atom is 0.326 e. The first-order chi connectivity index (χ1) is 9.75. The highest BCUT2D eigenvalue weighted by Crippen LogP contribution is 2.31. The Balaban J connectivity index is 1.70. The molecule has 3 rings (SSSR count). The number of hydrogen-bond acceptors (Lipinski definition) is 3. The van der Waals surface area contributed by atoms with Crippen LogP contribution in [0.25, 0.3) is 0 Å². The summed E-state index contributed by atoms with van der Waals surface area (Å²) in [7, 11) is 0. The number of hydrogen-bond donors (Lipinski definition) is 1. The zero-order valence-electron chi connectivity index (χ0n) is 11.8. The standard InChI is InChI=1S/C16H22N2O2/c19-16(20)15-12-13-6-2-3-7-14(13)18(15)11-10-17-8-4-1-5-9-17/h2-3,6-7,15H,1,4-5,8-12H2,(H,19,20). The third kappa shape index (κ3) is 2.66. The van der Waals surface area contributed by atoms with Crippen molar-refractivity contribution in [1.29, 1.82) is 0 Å². The van der Waals surface area contributed by atoms with Crippen LogP contribution in [0, 0.1) is 0 Å². The van der Waals surface area contributed by atoms with E-state index in [1.807, 2.05) is 18.2 Å². The Hall–Kier alpha value is -1.55. The number of carboxylic acids is 1. The van der Waals surface area contributed by atoms with Gasteiger partial charge in [0, 0.05) is 25.2 Å². The summed E-state index contributed by atoms with van der Waals surface area (Å²) >= 11 is 0. The predicted molar refractivity (Wildman–Crippen MR) is 79.2 cm³/mol. The highest BCUT2D eigenvalue weighted by Gasteiger charge is 2.34. The fraction of sp³-hybridized carbons (Fsp3) is 0.562. The second-order valence-electron chi connectivity index (χ2n) is 5.78. The van der Waals surface area contributed by atoms with Gasteiger partial charge in [-0.25, -0.2) is 4.79 Å². The van der Waals surface area contributed by atoms with Crippen LogP contribution in [0.2, 0.25) is 0 Å². The van der Waals surface area contributed by atoms with Crippen LogP contribution >= 0.6 is 0 Å². The highest BCUT2D eigenvalue weighted by atomic mass is 16.4. The first kappa shape index (κ1) is 13.4. The molecule has 2 aliphatic rings. The Labute approximate surface area is 120 Å². The third-order valence-electron chi connectivity index (χ3n) is 4.48. The van der Waals surface area contributed by atoms with Gasteiger partial charge >= 0.3 is 5.97 Å². The molecule has 0 bridgehead atoms. The normalized spacial score (nSPS) is 22.8. The molecule has 0 saturated carbocycles. The van der Waals surface area contributed by atoms with Crippen LogP contribution in [-0.4, -0.2) is 48.2 Å². The molecule has 4 nitrogen and oxygen atoms in total. The van der Waals surface area contributed by atoms with E-state index >= 15 is 0 Å². The van der Waals surface area contributed by atoms with Crippen LogP contribution in [0.3, 0.4) is 0 Å². The summed E-state index contributed by atoms with van der Waals surface area (Å²) in [5.74, 6) is -0.708. The van der Waals surface area contributed by atoms with Crippen molar-refractivity contribution in [3.63, 3.8) is 0 Å². The molecule has 2 heterocycles. The van der Waals surface area contributed by atoms with Gasteiger partial charge in [-0.15, -0.1) is 0 Å². The van der Waals surface area contributed by atoms with Gasteiger partial charge in [-0.1, -0.05) is 24.6 Å². The number of rotatable bonds is 4. The number of fused-ring (bicyclic) bond motifs is 1. The van der Waals surface area contributed by atoms with Gasteiger partial charge in [-0.2, -0.15) is 0 Å². The Morgan fingerprint density at radius 1 is 1.15 bits per heavy atom. The van der Waals surface area contributed by atoms with Crippen molar-refractivity contribution in [1.82, 2.24) is 4.90 Å². The molecule has 1 fully saturated rings. The Morgan fingerprint density at radius 3 is 2.65 bits per heavy atom. The molecule has 0 amide bonds. The van der Waals surface area contributed by atoms with Crippen molar-refractivity contribution in [3.8, 4) is 0 Å². The zero-order valence-corrected chi connectivity index (χ0v) is 11.8. The molecular weight excluding hydrogens is 252 g/mol. The van der Waals surface area contributed by atoms with Crippen LogP contribution < -0.4 is 4.90 Å². The van der Waals surface area contributed by atoms with Gasteiger partial charge in [0.2, 0.25) is 0 Å². The molecule has 1 aromatic rings. The molecule has 108 valence electrons. The minimum Gasteiger partial charge on any atom is -0.480 e. The van der Waals surface area contributed by atoms with E-state index in [0.717, 1.165) is 31.9 Å². The molecule has 1 saturated heterocycles. The summed E-state index contributed by atoms with van der Waals surface area (Å²) in [5.41, 5.74) is 2.27. The summed E-state index contributed by atoms with van der Waals surface area (Å²) in [6.45, 7) is 4.10. The van der Waals surface area contributed by atoms with Gasteiger partial charge in [0.1, 0.15) is 6.04 Å².